The van der Waals surface area contributed by atoms with E-state index in [4.69, 9.17) is 19.4 Å². The normalized spacial score (nSPS) is 17.1. The van der Waals surface area contributed by atoms with Crippen LogP contribution in [-0.4, -0.2) is 55.2 Å². The fourth-order valence-electron chi connectivity index (χ4n) is 3.44. The zero-order valence-electron chi connectivity index (χ0n) is 19.8. The van der Waals surface area contributed by atoms with Crippen molar-refractivity contribution in [2.75, 3.05) is 33.4 Å². The Bertz CT molecular complexity index is 752. The van der Waals surface area contributed by atoms with Crippen molar-refractivity contribution in [2.24, 2.45) is 22.4 Å². The van der Waals surface area contributed by atoms with E-state index in [1.54, 1.807) is 21.0 Å². The molecule has 1 N–H and O–H groups in total. The van der Waals surface area contributed by atoms with E-state index < -0.39 is 11.4 Å². The molecule has 174 valence electrons. The molecule has 0 amide bonds. The van der Waals surface area contributed by atoms with Crippen LogP contribution in [0.25, 0.3) is 0 Å². The first-order valence-electron chi connectivity index (χ1n) is 11.1. The van der Waals surface area contributed by atoms with E-state index in [1.807, 2.05) is 18.2 Å². The summed E-state index contributed by atoms with van der Waals surface area (Å²) in [6.07, 6.45) is 3.02. The molecule has 1 fully saturated rings. The van der Waals surface area contributed by atoms with E-state index in [0.29, 0.717) is 31.4 Å². The fourth-order valence-corrected chi connectivity index (χ4v) is 3.44. The highest BCUT2D eigenvalue weighted by molar-refractivity contribution is 5.81. The summed E-state index contributed by atoms with van der Waals surface area (Å²) in [6, 6.07) is 5.73. The van der Waals surface area contributed by atoms with Crippen LogP contribution in [0.15, 0.2) is 23.4 Å². The number of carboxylic acids is 1. The van der Waals surface area contributed by atoms with Crippen LogP contribution >= 0.6 is 0 Å². The standard InChI is InChI=1S/C13H17NO3.C11H21NO2/c1-9(2)8-16-11-5-4-6-12-10(11)7-13(15-3)14-17-12;1-9-4-6-12(7-5-9)8-11(2,3)10(13)14/h4-6,9H,7-8H2,1-3H3;9H,4-8H2,1-3H3,(H,13,14). The van der Waals surface area contributed by atoms with Crippen LogP contribution in [0.5, 0.6) is 11.5 Å². The van der Waals surface area contributed by atoms with E-state index in [1.165, 1.54) is 12.8 Å². The molecule has 0 aliphatic carbocycles. The average molecular weight is 435 g/mol. The molecule has 0 unspecified atom stereocenters. The number of benzene rings is 1. The lowest BCUT2D eigenvalue weighted by Crippen LogP contribution is -2.42. The van der Waals surface area contributed by atoms with Gasteiger partial charge in [-0.15, -0.1) is 0 Å². The van der Waals surface area contributed by atoms with Crippen LogP contribution in [0.3, 0.4) is 0 Å². The third-order valence-electron chi connectivity index (χ3n) is 5.55. The van der Waals surface area contributed by atoms with Crippen molar-refractivity contribution in [3.05, 3.63) is 23.8 Å². The number of hydrogen-bond donors (Lipinski definition) is 1. The first-order valence-corrected chi connectivity index (χ1v) is 11.1. The Balaban J connectivity index is 0.000000225. The number of piperidine rings is 1. The third kappa shape index (κ3) is 7.73. The maximum absolute atomic E-state index is 10.9. The second kappa shape index (κ2) is 11.4. The minimum absolute atomic E-state index is 0.492. The van der Waals surface area contributed by atoms with Crippen molar-refractivity contribution in [3.63, 3.8) is 0 Å². The van der Waals surface area contributed by atoms with Gasteiger partial charge in [-0.2, -0.15) is 0 Å². The average Bonchev–Trinajstić information content (AvgIpc) is 2.73. The summed E-state index contributed by atoms with van der Waals surface area (Å²) in [5.41, 5.74) is 0.389. The summed E-state index contributed by atoms with van der Waals surface area (Å²) in [4.78, 5) is 18.5. The van der Waals surface area contributed by atoms with E-state index >= 15 is 0 Å². The van der Waals surface area contributed by atoms with Gasteiger partial charge in [0.2, 0.25) is 5.90 Å². The van der Waals surface area contributed by atoms with Crippen LogP contribution in [0.1, 0.15) is 53.0 Å². The molecule has 0 saturated carbocycles. The van der Waals surface area contributed by atoms with Crippen LogP contribution in [0, 0.1) is 17.3 Å². The summed E-state index contributed by atoms with van der Waals surface area (Å²) >= 11 is 0. The van der Waals surface area contributed by atoms with Gasteiger partial charge in [-0.25, -0.2) is 0 Å². The molecule has 2 heterocycles. The predicted octanol–water partition coefficient (Wildman–Crippen LogP) is 4.45. The molecule has 2 aliphatic rings. The highest BCUT2D eigenvalue weighted by Crippen LogP contribution is 2.32. The number of methoxy groups -OCH3 is 1. The Morgan fingerprint density at radius 2 is 2.00 bits per heavy atom. The molecular formula is C24H38N2O5. The summed E-state index contributed by atoms with van der Waals surface area (Å²) in [5.74, 6) is 2.76. The molecule has 0 atom stereocenters. The molecule has 7 heteroatoms. The lowest BCUT2D eigenvalue weighted by Gasteiger charge is -2.34. The Labute approximate surface area is 186 Å². The van der Waals surface area contributed by atoms with Gasteiger partial charge in [0.25, 0.3) is 0 Å². The first-order chi connectivity index (χ1) is 14.6. The molecule has 1 saturated heterocycles. The number of rotatable bonds is 6. The van der Waals surface area contributed by atoms with Gasteiger partial charge in [0.1, 0.15) is 5.75 Å². The molecule has 1 aromatic carbocycles. The smallest absolute Gasteiger partial charge is 0.310 e. The number of ether oxygens (including phenoxy) is 2. The Morgan fingerprint density at radius 3 is 2.58 bits per heavy atom. The molecule has 2 aliphatic heterocycles. The maximum Gasteiger partial charge on any atom is 0.310 e. The van der Waals surface area contributed by atoms with Crippen molar-refractivity contribution in [1.29, 1.82) is 0 Å². The van der Waals surface area contributed by atoms with Crippen LogP contribution in [0.2, 0.25) is 0 Å². The number of hydrogen-bond acceptors (Lipinski definition) is 6. The number of carboxylic acid groups (broad SMARTS) is 1. The fraction of sp³-hybridized carbons (Fsp3) is 0.667. The summed E-state index contributed by atoms with van der Waals surface area (Å²) in [6.45, 7) is 13.6. The quantitative estimate of drug-likeness (QED) is 0.713. The molecular weight excluding hydrogens is 396 g/mol. The van der Waals surface area contributed by atoms with E-state index in [9.17, 15) is 4.79 Å². The van der Waals surface area contributed by atoms with Gasteiger partial charge in [-0.1, -0.05) is 26.8 Å². The SMILES string of the molecule is CC1CCN(CC(C)(C)C(=O)O)CC1.COC1=NOc2cccc(OCC(C)C)c2C1. The zero-order valence-corrected chi connectivity index (χ0v) is 19.8. The van der Waals surface area contributed by atoms with Gasteiger partial charge in [-0.3, -0.25) is 4.79 Å². The van der Waals surface area contributed by atoms with E-state index in [0.717, 1.165) is 36.1 Å². The molecule has 1 aromatic rings. The van der Waals surface area contributed by atoms with Crippen LogP contribution in [0.4, 0.5) is 0 Å². The topological polar surface area (TPSA) is 80.6 Å². The van der Waals surface area contributed by atoms with Gasteiger partial charge in [0.15, 0.2) is 5.75 Å². The molecule has 3 rings (SSSR count). The Hall–Kier alpha value is -2.28. The minimum Gasteiger partial charge on any atom is -0.493 e. The monoisotopic (exact) mass is 434 g/mol. The number of carbonyl (C=O) groups is 1. The minimum atomic E-state index is -0.698. The number of oxime groups is 1. The van der Waals surface area contributed by atoms with Gasteiger partial charge < -0.3 is 24.3 Å². The highest BCUT2D eigenvalue weighted by atomic mass is 16.7. The molecule has 0 spiro atoms. The van der Waals surface area contributed by atoms with Gasteiger partial charge in [-0.05, 0) is 68.9 Å². The molecule has 0 bridgehead atoms. The lowest BCUT2D eigenvalue weighted by atomic mass is 9.91. The summed E-state index contributed by atoms with van der Waals surface area (Å²) < 4.78 is 10.9. The number of likely N-dealkylation sites (tertiary alicyclic amines) is 1. The lowest BCUT2D eigenvalue weighted by molar-refractivity contribution is -0.148. The second-order valence-electron chi connectivity index (χ2n) is 9.54. The number of fused-ring (bicyclic) bond motifs is 1. The molecule has 0 radical (unpaired) electrons. The van der Waals surface area contributed by atoms with Crippen molar-refractivity contribution < 1.29 is 24.2 Å². The van der Waals surface area contributed by atoms with E-state index in [-0.39, 0.29) is 0 Å². The van der Waals surface area contributed by atoms with Crippen molar-refractivity contribution in [1.82, 2.24) is 4.90 Å². The predicted molar refractivity (Wildman–Crippen MR) is 122 cm³/mol. The zero-order chi connectivity index (χ0) is 23.0. The summed E-state index contributed by atoms with van der Waals surface area (Å²) in [7, 11) is 1.59. The number of nitrogens with zero attached hydrogens (tertiary/aromatic N) is 2. The van der Waals surface area contributed by atoms with Crippen LogP contribution in [-0.2, 0) is 16.0 Å². The molecule has 7 nitrogen and oxygen atoms in total. The Morgan fingerprint density at radius 1 is 1.32 bits per heavy atom. The van der Waals surface area contributed by atoms with Crippen molar-refractivity contribution in [2.45, 2.75) is 53.9 Å². The van der Waals surface area contributed by atoms with Crippen molar-refractivity contribution >= 4 is 11.9 Å². The summed E-state index contributed by atoms with van der Waals surface area (Å²) in [5, 5.41) is 12.9. The van der Waals surface area contributed by atoms with Gasteiger partial charge >= 0.3 is 5.97 Å². The molecule has 31 heavy (non-hydrogen) atoms. The number of aliphatic carboxylic acids is 1. The van der Waals surface area contributed by atoms with Gasteiger partial charge in [0, 0.05) is 12.1 Å². The Kier molecular flexibility index (Phi) is 9.16. The largest absolute Gasteiger partial charge is 0.493 e. The van der Waals surface area contributed by atoms with Gasteiger partial charge in [0.05, 0.1) is 25.6 Å². The third-order valence-corrected chi connectivity index (χ3v) is 5.55. The maximum atomic E-state index is 10.9. The highest BCUT2D eigenvalue weighted by Gasteiger charge is 2.30. The first kappa shape index (κ1) is 25.0. The molecule has 0 aromatic heterocycles. The van der Waals surface area contributed by atoms with Crippen LogP contribution < -0.4 is 9.57 Å². The van der Waals surface area contributed by atoms with E-state index in [2.05, 4.69) is 30.8 Å². The second-order valence-corrected chi connectivity index (χ2v) is 9.54. The van der Waals surface area contributed by atoms with Crippen molar-refractivity contribution in [3.8, 4) is 11.5 Å².